The van der Waals surface area contributed by atoms with Crippen molar-refractivity contribution in [1.82, 2.24) is 29.5 Å². The number of nitrogens with one attached hydrogen (secondary N) is 1. The predicted molar refractivity (Wildman–Crippen MR) is 123 cm³/mol. The number of amides is 1. The van der Waals surface area contributed by atoms with Gasteiger partial charge in [-0.25, -0.2) is 4.98 Å². The second kappa shape index (κ2) is 8.37. The molecule has 3 aromatic heterocycles. The zero-order valence-corrected chi connectivity index (χ0v) is 18.2. The van der Waals surface area contributed by atoms with Crippen molar-refractivity contribution >= 4 is 23.2 Å². The molecule has 1 aliphatic rings. The Morgan fingerprint density at radius 1 is 1.09 bits per heavy atom. The zero-order valence-electron chi connectivity index (χ0n) is 18.2. The van der Waals surface area contributed by atoms with Crippen molar-refractivity contribution in [2.45, 2.75) is 26.7 Å². The molecular weight excluding hydrogens is 402 g/mol. The number of carbonyl (C=O) groups excluding carboxylic acids is 1. The van der Waals surface area contributed by atoms with E-state index in [1.807, 2.05) is 54.3 Å². The molecule has 8 heteroatoms. The third kappa shape index (κ3) is 4.03. The van der Waals surface area contributed by atoms with Gasteiger partial charge in [0, 0.05) is 54.1 Å². The molecular formula is C24H25N7O. The summed E-state index contributed by atoms with van der Waals surface area (Å²) in [5.41, 5.74) is 3.23. The van der Waals surface area contributed by atoms with Gasteiger partial charge in [0.2, 0.25) is 0 Å². The average molecular weight is 428 g/mol. The summed E-state index contributed by atoms with van der Waals surface area (Å²) in [4.78, 5) is 27.9. The molecule has 162 valence electrons. The van der Waals surface area contributed by atoms with Gasteiger partial charge < -0.3 is 10.2 Å². The number of aromatic nitrogens is 5. The molecule has 1 aliphatic heterocycles. The van der Waals surface area contributed by atoms with Crippen LogP contribution in [0.3, 0.4) is 0 Å². The highest BCUT2D eigenvalue weighted by Crippen LogP contribution is 2.23. The van der Waals surface area contributed by atoms with Gasteiger partial charge in [-0.2, -0.15) is 9.50 Å². The fraction of sp³-hybridized carbons (Fsp3) is 0.292. The molecule has 5 rings (SSSR count). The molecule has 1 amide bonds. The van der Waals surface area contributed by atoms with Crippen molar-refractivity contribution < 1.29 is 4.79 Å². The first-order valence-corrected chi connectivity index (χ1v) is 10.9. The summed E-state index contributed by atoms with van der Waals surface area (Å²) in [6.45, 7) is 5.83. The molecule has 0 bridgehead atoms. The highest BCUT2D eigenvalue weighted by atomic mass is 16.2. The molecule has 0 spiro atoms. The Balaban J connectivity index is 1.38. The molecule has 0 radical (unpaired) electrons. The number of fused-ring (bicyclic) bond motifs is 1. The van der Waals surface area contributed by atoms with E-state index in [1.54, 1.807) is 16.9 Å². The van der Waals surface area contributed by atoms with Crippen LogP contribution in [0.15, 0.2) is 54.9 Å². The van der Waals surface area contributed by atoms with E-state index in [9.17, 15) is 4.79 Å². The van der Waals surface area contributed by atoms with Crippen LogP contribution in [0.4, 0.5) is 11.5 Å². The minimum absolute atomic E-state index is 0.1000. The van der Waals surface area contributed by atoms with Crippen molar-refractivity contribution in [3.63, 3.8) is 0 Å². The van der Waals surface area contributed by atoms with Crippen LogP contribution in [0.25, 0.3) is 17.2 Å². The van der Waals surface area contributed by atoms with Crippen LogP contribution in [0.1, 0.15) is 35.8 Å². The van der Waals surface area contributed by atoms with Gasteiger partial charge in [0.25, 0.3) is 11.7 Å². The third-order valence-corrected chi connectivity index (χ3v) is 5.84. The number of anilines is 2. The van der Waals surface area contributed by atoms with E-state index >= 15 is 0 Å². The zero-order chi connectivity index (χ0) is 22.1. The minimum atomic E-state index is 0.1000. The lowest BCUT2D eigenvalue weighted by Gasteiger charge is -2.30. The minimum Gasteiger partial charge on any atom is -0.340 e. The number of aryl methyl sites for hydroxylation is 1. The highest BCUT2D eigenvalue weighted by molar-refractivity contribution is 5.94. The molecule has 1 saturated heterocycles. The third-order valence-electron chi connectivity index (χ3n) is 5.84. The summed E-state index contributed by atoms with van der Waals surface area (Å²) in [5.74, 6) is 2.62. The van der Waals surface area contributed by atoms with Crippen LogP contribution >= 0.6 is 0 Å². The Kier molecular flexibility index (Phi) is 5.26. The van der Waals surface area contributed by atoms with Gasteiger partial charge in [0.15, 0.2) is 5.82 Å². The Labute approximate surface area is 186 Å². The molecule has 0 aliphatic carbocycles. The highest BCUT2D eigenvalue weighted by Gasteiger charge is 2.21. The van der Waals surface area contributed by atoms with E-state index in [2.05, 4.69) is 32.3 Å². The first kappa shape index (κ1) is 20.1. The fourth-order valence-corrected chi connectivity index (χ4v) is 3.93. The van der Waals surface area contributed by atoms with E-state index in [-0.39, 0.29) is 5.91 Å². The van der Waals surface area contributed by atoms with E-state index in [4.69, 9.17) is 0 Å². The second-order valence-electron chi connectivity index (χ2n) is 8.35. The molecule has 32 heavy (non-hydrogen) atoms. The maximum Gasteiger partial charge on any atom is 0.254 e. The van der Waals surface area contributed by atoms with Gasteiger partial charge in [-0.1, -0.05) is 6.92 Å². The molecule has 0 saturated carbocycles. The summed E-state index contributed by atoms with van der Waals surface area (Å²) in [5, 5.41) is 8.00. The molecule has 1 N–H and O–H groups in total. The van der Waals surface area contributed by atoms with Gasteiger partial charge in [-0.05, 0) is 62.1 Å². The van der Waals surface area contributed by atoms with Crippen molar-refractivity contribution in [2.24, 2.45) is 5.92 Å². The molecule has 4 heterocycles. The van der Waals surface area contributed by atoms with Gasteiger partial charge in [-0.15, -0.1) is 5.10 Å². The summed E-state index contributed by atoms with van der Waals surface area (Å²) in [6.07, 6.45) is 5.59. The van der Waals surface area contributed by atoms with Crippen LogP contribution in [-0.4, -0.2) is 48.5 Å². The SMILES string of the molecule is Cc1cc(Nc2ccc(C(=O)N3CCC(C)CC3)cc2)n2nc(-c3cccnc3)nc2n1. The number of pyridine rings is 1. The Morgan fingerprint density at radius 2 is 1.88 bits per heavy atom. The van der Waals surface area contributed by atoms with Crippen LogP contribution < -0.4 is 5.32 Å². The molecule has 8 nitrogen and oxygen atoms in total. The monoisotopic (exact) mass is 427 g/mol. The number of benzene rings is 1. The first-order valence-electron chi connectivity index (χ1n) is 10.9. The standard InChI is InChI=1S/C24H25N7O/c1-16-9-12-30(13-10-16)23(32)18-5-7-20(8-6-18)27-21-14-17(2)26-24-28-22(29-31(21)24)19-4-3-11-25-15-19/h3-8,11,14-16,27H,9-10,12-13H2,1-2H3. The Bertz CT molecular complexity index is 1240. The summed E-state index contributed by atoms with van der Waals surface area (Å²) < 4.78 is 1.68. The van der Waals surface area contributed by atoms with Crippen LogP contribution in [0.2, 0.25) is 0 Å². The fourth-order valence-electron chi connectivity index (χ4n) is 3.93. The molecule has 0 atom stereocenters. The summed E-state index contributed by atoms with van der Waals surface area (Å²) >= 11 is 0. The van der Waals surface area contributed by atoms with Crippen molar-refractivity contribution in [2.75, 3.05) is 18.4 Å². The number of hydrogen-bond acceptors (Lipinski definition) is 6. The number of hydrogen-bond donors (Lipinski definition) is 1. The molecule has 4 aromatic rings. The van der Waals surface area contributed by atoms with Crippen molar-refractivity contribution in [3.8, 4) is 11.4 Å². The van der Waals surface area contributed by atoms with Crippen LogP contribution in [0, 0.1) is 12.8 Å². The second-order valence-corrected chi connectivity index (χ2v) is 8.35. The van der Waals surface area contributed by atoms with Gasteiger partial charge in [0.1, 0.15) is 5.82 Å². The average Bonchev–Trinajstić information content (AvgIpc) is 3.24. The Morgan fingerprint density at radius 3 is 2.59 bits per heavy atom. The number of likely N-dealkylation sites (tertiary alicyclic amines) is 1. The number of rotatable bonds is 4. The number of carbonyl (C=O) groups is 1. The maximum absolute atomic E-state index is 12.8. The lowest BCUT2D eigenvalue weighted by molar-refractivity contribution is 0.0697. The molecule has 1 aromatic carbocycles. The van der Waals surface area contributed by atoms with E-state index in [0.29, 0.717) is 23.1 Å². The molecule has 0 unspecified atom stereocenters. The lowest BCUT2D eigenvalue weighted by atomic mass is 9.98. The quantitative estimate of drug-likeness (QED) is 0.527. The molecule has 1 fully saturated rings. The topological polar surface area (TPSA) is 88.3 Å². The summed E-state index contributed by atoms with van der Waals surface area (Å²) in [6, 6.07) is 13.3. The number of piperidine rings is 1. The van der Waals surface area contributed by atoms with Gasteiger partial charge in [0.05, 0.1) is 0 Å². The Hall–Kier alpha value is -3.81. The van der Waals surface area contributed by atoms with Gasteiger partial charge >= 0.3 is 0 Å². The lowest BCUT2D eigenvalue weighted by Crippen LogP contribution is -2.37. The van der Waals surface area contributed by atoms with Crippen LogP contribution in [-0.2, 0) is 0 Å². The largest absolute Gasteiger partial charge is 0.340 e. The predicted octanol–water partition coefficient (Wildman–Crippen LogP) is 4.11. The van der Waals surface area contributed by atoms with Gasteiger partial charge in [-0.3, -0.25) is 9.78 Å². The first-order chi connectivity index (χ1) is 15.6. The number of nitrogens with zero attached hydrogens (tertiary/aromatic N) is 6. The summed E-state index contributed by atoms with van der Waals surface area (Å²) in [7, 11) is 0. The maximum atomic E-state index is 12.8. The van der Waals surface area contributed by atoms with Crippen LogP contribution in [0.5, 0.6) is 0 Å². The van der Waals surface area contributed by atoms with E-state index in [1.165, 1.54) is 0 Å². The smallest absolute Gasteiger partial charge is 0.254 e. The normalized spacial score (nSPS) is 14.6. The van der Waals surface area contributed by atoms with Crippen molar-refractivity contribution in [1.29, 1.82) is 0 Å². The van der Waals surface area contributed by atoms with Crippen molar-refractivity contribution in [3.05, 3.63) is 66.1 Å². The van der Waals surface area contributed by atoms with E-state index < -0.39 is 0 Å². The van der Waals surface area contributed by atoms with E-state index in [0.717, 1.165) is 48.7 Å².